The van der Waals surface area contributed by atoms with Gasteiger partial charge in [0.05, 0.1) is 17.1 Å². The minimum Gasteiger partial charge on any atom is -0.490 e. The molecule has 122 valence electrons. The molecule has 1 aliphatic heterocycles. The highest BCUT2D eigenvalue weighted by molar-refractivity contribution is 7.89. The predicted octanol–water partition coefficient (Wildman–Crippen LogP) is 2.13. The van der Waals surface area contributed by atoms with E-state index in [-0.39, 0.29) is 11.4 Å². The Bertz CT molecular complexity index is 824. The molecule has 0 aliphatic carbocycles. The van der Waals surface area contributed by atoms with Gasteiger partial charge in [-0.3, -0.25) is 0 Å². The van der Waals surface area contributed by atoms with E-state index in [2.05, 4.69) is 4.72 Å². The van der Waals surface area contributed by atoms with Gasteiger partial charge >= 0.3 is 0 Å². The summed E-state index contributed by atoms with van der Waals surface area (Å²) < 4.78 is 46.3. The molecule has 2 aromatic rings. The Kier molecular flexibility index (Phi) is 4.23. The first-order chi connectivity index (χ1) is 11.0. The van der Waals surface area contributed by atoms with Crippen molar-refractivity contribution in [2.75, 3.05) is 25.1 Å². The molecule has 7 heteroatoms. The van der Waals surface area contributed by atoms with Crippen LogP contribution in [-0.2, 0) is 16.6 Å². The van der Waals surface area contributed by atoms with Gasteiger partial charge in [0.15, 0.2) is 0 Å². The molecule has 3 rings (SSSR count). The number of hydrogen-bond acceptors (Lipinski definition) is 4. The maximum atomic E-state index is 13.6. The van der Waals surface area contributed by atoms with E-state index in [1.54, 1.807) is 30.3 Å². The van der Waals surface area contributed by atoms with Gasteiger partial charge in [-0.1, -0.05) is 18.2 Å². The maximum Gasteiger partial charge on any atom is 0.240 e. The van der Waals surface area contributed by atoms with E-state index in [9.17, 15) is 12.8 Å². The standard InChI is InChI=1S/C16H17FN2O3S/c1-19-8-9-22-16-7-6-13(10-15(16)19)23(20,21)18-11-12-4-2-3-5-14(12)17/h2-7,10,18H,8-9,11H2,1H3. The number of sulfonamides is 1. The molecule has 1 N–H and O–H groups in total. The van der Waals surface area contributed by atoms with Crippen molar-refractivity contribution in [3.05, 3.63) is 53.8 Å². The van der Waals surface area contributed by atoms with Gasteiger partial charge in [-0.25, -0.2) is 17.5 Å². The van der Waals surface area contributed by atoms with Crippen LogP contribution in [0, 0.1) is 5.82 Å². The summed E-state index contributed by atoms with van der Waals surface area (Å²) >= 11 is 0. The number of nitrogens with zero attached hydrogens (tertiary/aromatic N) is 1. The summed E-state index contributed by atoms with van der Waals surface area (Å²) in [4.78, 5) is 2.07. The summed E-state index contributed by atoms with van der Waals surface area (Å²) in [7, 11) is -1.85. The quantitative estimate of drug-likeness (QED) is 0.929. The zero-order valence-electron chi connectivity index (χ0n) is 12.6. The second-order valence-corrected chi connectivity index (χ2v) is 7.08. The molecular weight excluding hydrogens is 319 g/mol. The molecule has 0 aromatic heterocycles. The lowest BCUT2D eigenvalue weighted by molar-refractivity contribution is 0.311. The highest BCUT2D eigenvalue weighted by Crippen LogP contribution is 2.32. The van der Waals surface area contributed by atoms with Gasteiger partial charge in [0.25, 0.3) is 0 Å². The number of rotatable bonds is 4. The molecule has 23 heavy (non-hydrogen) atoms. The van der Waals surface area contributed by atoms with E-state index in [4.69, 9.17) is 4.74 Å². The number of hydrogen-bond donors (Lipinski definition) is 1. The van der Waals surface area contributed by atoms with Crippen LogP contribution >= 0.6 is 0 Å². The number of likely N-dealkylation sites (N-methyl/N-ethyl adjacent to an activating group) is 1. The minimum atomic E-state index is -3.73. The fourth-order valence-electron chi connectivity index (χ4n) is 2.40. The van der Waals surface area contributed by atoms with Crippen molar-refractivity contribution in [1.29, 1.82) is 0 Å². The average molecular weight is 336 g/mol. The lowest BCUT2D eigenvalue weighted by Gasteiger charge is -2.28. The predicted molar refractivity (Wildman–Crippen MR) is 85.6 cm³/mol. The van der Waals surface area contributed by atoms with E-state index in [1.807, 2.05) is 11.9 Å². The van der Waals surface area contributed by atoms with Crippen molar-refractivity contribution < 1.29 is 17.5 Å². The van der Waals surface area contributed by atoms with Gasteiger partial charge in [0.1, 0.15) is 18.2 Å². The molecule has 0 unspecified atom stereocenters. The van der Waals surface area contributed by atoms with Crippen molar-refractivity contribution in [2.45, 2.75) is 11.4 Å². The number of nitrogens with one attached hydrogen (secondary N) is 1. The Morgan fingerprint density at radius 1 is 1.26 bits per heavy atom. The van der Waals surface area contributed by atoms with Crippen LogP contribution in [0.1, 0.15) is 5.56 Å². The summed E-state index contributed by atoms with van der Waals surface area (Å²) in [6.45, 7) is 1.17. The van der Waals surface area contributed by atoms with Crippen molar-refractivity contribution in [3.63, 3.8) is 0 Å². The smallest absolute Gasteiger partial charge is 0.240 e. The lowest BCUT2D eigenvalue weighted by Crippen LogP contribution is -2.29. The highest BCUT2D eigenvalue weighted by Gasteiger charge is 2.20. The molecule has 1 aliphatic rings. The first-order valence-electron chi connectivity index (χ1n) is 7.18. The maximum absolute atomic E-state index is 13.6. The van der Waals surface area contributed by atoms with Crippen LogP contribution in [0.25, 0.3) is 0 Å². The minimum absolute atomic E-state index is 0.0988. The van der Waals surface area contributed by atoms with Crippen molar-refractivity contribution in [2.24, 2.45) is 0 Å². The molecule has 0 spiro atoms. The zero-order valence-corrected chi connectivity index (χ0v) is 13.4. The number of halogens is 1. The summed E-state index contributed by atoms with van der Waals surface area (Å²) in [6, 6.07) is 10.8. The third-order valence-electron chi connectivity index (χ3n) is 3.75. The van der Waals surface area contributed by atoms with Crippen molar-refractivity contribution >= 4 is 15.7 Å². The van der Waals surface area contributed by atoms with Gasteiger partial charge in [-0.2, -0.15) is 0 Å². The summed E-state index contributed by atoms with van der Waals surface area (Å²) in [6.07, 6.45) is 0. The molecule has 1 heterocycles. The summed E-state index contributed by atoms with van der Waals surface area (Å²) in [5.41, 5.74) is 1.03. The number of fused-ring (bicyclic) bond motifs is 1. The zero-order chi connectivity index (χ0) is 16.4. The Balaban J connectivity index is 1.83. The van der Waals surface area contributed by atoms with Crippen LogP contribution < -0.4 is 14.4 Å². The summed E-state index contributed by atoms with van der Waals surface area (Å²) in [5, 5.41) is 0. The van der Waals surface area contributed by atoms with Gasteiger partial charge in [0, 0.05) is 19.2 Å². The topological polar surface area (TPSA) is 58.6 Å². The molecule has 5 nitrogen and oxygen atoms in total. The number of anilines is 1. The molecule has 0 saturated carbocycles. The average Bonchev–Trinajstić information content (AvgIpc) is 2.54. The van der Waals surface area contributed by atoms with Gasteiger partial charge in [-0.15, -0.1) is 0 Å². The Morgan fingerprint density at radius 3 is 2.83 bits per heavy atom. The van der Waals surface area contributed by atoms with Gasteiger partial charge in [0.2, 0.25) is 10.0 Å². The molecule has 0 bridgehead atoms. The monoisotopic (exact) mass is 336 g/mol. The Labute approximate surface area is 134 Å². The SMILES string of the molecule is CN1CCOc2ccc(S(=O)(=O)NCc3ccccc3F)cc21. The van der Waals surface area contributed by atoms with Crippen LogP contribution in [0.15, 0.2) is 47.4 Å². The lowest BCUT2D eigenvalue weighted by atomic mass is 10.2. The molecule has 0 atom stereocenters. The molecule has 0 saturated heterocycles. The third kappa shape index (κ3) is 3.30. The van der Waals surface area contributed by atoms with Gasteiger partial charge < -0.3 is 9.64 Å². The molecule has 0 amide bonds. The fourth-order valence-corrected chi connectivity index (χ4v) is 3.42. The van der Waals surface area contributed by atoms with E-state index in [1.165, 1.54) is 12.1 Å². The molecule has 0 radical (unpaired) electrons. The van der Waals surface area contributed by atoms with Crippen molar-refractivity contribution in [3.8, 4) is 5.75 Å². The largest absolute Gasteiger partial charge is 0.490 e. The van der Waals surface area contributed by atoms with Crippen LogP contribution in [0.5, 0.6) is 5.75 Å². The normalized spacial score (nSPS) is 14.3. The van der Waals surface area contributed by atoms with E-state index in [0.717, 1.165) is 5.69 Å². The fraction of sp³-hybridized carbons (Fsp3) is 0.250. The number of ether oxygens (including phenoxy) is 1. The Hall–Kier alpha value is -2.12. The highest BCUT2D eigenvalue weighted by atomic mass is 32.2. The van der Waals surface area contributed by atoms with Crippen LogP contribution in [0.4, 0.5) is 10.1 Å². The van der Waals surface area contributed by atoms with E-state index < -0.39 is 15.8 Å². The first-order valence-corrected chi connectivity index (χ1v) is 8.67. The van der Waals surface area contributed by atoms with Crippen LogP contribution in [0.2, 0.25) is 0 Å². The molecule has 0 fully saturated rings. The number of benzene rings is 2. The summed E-state index contributed by atoms with van der Waals surface area (Å²) in [5.74, 6) is 0.223. The molecule has 2 aromatic carbocycles. The van der Waals surface area contributed by atoms with Crippen molar-refractivity contribution in [1.82, 2.24) is 4.72 Å². The van der Waals surface area contributed by atoms with E-state index >= 15 is 0 Å². The molecular formula is C16H17FN2O3S. The van der Waals surface area contributed by atoms with Gasteiger partial charge in [-0.05, 0) is 24.3 Å². The Morgan fingerprint density at radius 2 is 2.04 bits per heavy atom. The second kappa shape index (κ2) is 6.17. The second-order valence-electron chi connectivity index (χ2n) is 5.32. The first kappa shape index (κ1) is 15.8. The van der Waals surface area contributed by atoms with Crippen LogP contribution in [-0.4, -0.2) is 28.6 Å². The van der Waals surface area contributed by atoms with E-state index in [0.29, 0.717) is 24.5 Å². The van der Waals surface area contributed by atoms with Crippen LogP contribution in [0.3, 0.4) is 0 Å². The third-order valence-corrected chi connectivity index (χ3v) is 5.15.